The number of ether oxygens (including phenoxy) is 3. The third-order valence-corrected chi connectivity index (χ3v) is 11.1. The minimum atomic E-state index is -0.870. The molecule has 0 N–H and O–H groups in total. The van der Waals surface area contributed by atoms with E-state index in [4.69, 9.17) is 14.2 Å². The van der Waals surface area contributed by atoms with E-state index in [2.05, 4.69) is 37.9 Å². The van der Waals surface area contributed by atoms with Crippen LogP contribution in [-0.4, -0.2) is 37.6 Å². The van der Waals surface area contributed by atoms with Crippen molar-refractivity contribution in [3.63, 3.8) is 0 Å². The van der Waals surface area contributed by atoms with Crippen LogP contribution >= 0.6 is 0 Å². The van der Waals surface area contributed by atoms with Crippen molar-refractivity contribution in [1.29, 1.82) is 0 Å². The molecule has 5 rings (SSSR count). The lowest BCUT2D eigenvalue weighted by atomic mass is 9.43. The molecule has 10 atom stereocenters. The van der Waals surface area contributed by atoms with Gasteiger partial charge in [0.1, 0.15) is 12.7 Å². The summed E-state index contributed by atoms with van der Waals surface area (Å²) in [4.78, 5) is 24.5. The highest BCUT2D eigenvalue weighted by Gasteiger charge is 2.63. The van der Waals surface area contributed by atoms with Crippen LogP contribution in [-0.2, 0) is 14.2 Å². The Bertz CT molecular complexity index is 832. The average molecular weight is 475 g/mol. The number of rotatable bonds is 2. The lowest BCUT2D eigenvalue weighted by Crippen LogP contribution is -2.59. The molecule has 5 aliphatic rings. The first-order valence-corrected chi connectivity index (χ1v) is 13.7. The predicted octanol–water partition coefficient (Wildman–Crippen LogP) is 6.79. The van der Waals surface area contributed by atoms with Crippen molar-refractivity contribution in [3.8, 4) is 0 Å². The zero-order chi connectivity index (χ0) is 24.1. The van der Waals surface area contributed by atoms with Crippen molar-refractivity contribution in [3.05, 3.63) is 0 Å². The van der Waals surface area contributed by atoms with Gasteiger partial charge in [0.15, 0.2) is 0 Å². The maximum Gasteiger partial charge on any atom is 0.452 e. The van der Waals surface area contributed by atoms with Gasteiger partial charge in [-0.2, -0.15) is 0 Å². The van der Waals surface area contributed by atoms with Crippen LogP contribution < -0.4 is 0 Å². The average Bonchev–Trinajstić information content (AvgIpc) is 3.17. The van der Waals surface area contributed by atoms with Crippen molar-refractivity contribution in [1.82, 2.24) is 0 Å². The lowest BCUT2D eigenvalue weighted by molar-refractivity contribution is -0.178. The molecule has 7 heteroatoms. The molecule has 0 aromatic rings. The first kappa shape index (κ1) is 24.2. The number of hydrogen-bond donors (Lipinski definition) is 0. The largest absolute Gasteiger partial charge is 0.452 e. The third-order valence-electron chi connectivity index (χ3n) is 11.1. The molecule has 0 saturated heterocycles. The van der Waals surface area contributed by atoms with Gasteiger partial charge in [-0.25, -0.2) is 9.59 Å². The summed E-state index contributed by atoms with van der Waals surface area (Å²) in [6.07, 6.45) is 8.64. The molecule has 4 saturated carbocycles. The van der Waals surface area contributed by atoms with Crippen LogP contribution in [0.1, 0.15) is 85.5 Å². The quantitative estimate of drug-likeness (QED) is 0.439. The summed E-state index contributed by atoms with van der Waals surface area (Å²) < 4.78 is 17.2. The van der Waals surface area contributed by atoms with Crippen LogP contribution in [0.5, 0.6) is 0 Å². The molecule has 3 bridgehead atoms. The maximum atomic E-state index is 12.7. The second-order valence-corrected chi connectivity index (χ2v) is 12.3. The molecule has 1 aliphatic heterocycles. The van der Waals surface area contributed by atoms with Gasteiger partial charge in [-0.15, -0.1) is 0 Å². The van der Waals surface area contributed by atoms with E-state index in [0.29, 0.717) is 35.7 Å². The summed E-state index contributed by atoms with van der Waals surface area (Å²) in [6, 6.07) is 0. The fraction of sp³-hybridized carbons (Fsp3) is 0.926. The molecule has 4 fully saturated rings. The van der Waals surface area contributed by atoms with Gasteiger partial charge in [-0.3, -0.25) is 0 Å². The summed E-state index contributed by atoms with van der Waals surface area (Å²) >= 11 is 0. The molecule has 0 unspecified atom stereocenters. The molecule has 190 valence electrons. The van der Waals surface area contributed by atoms with E-state index in [1.807, 2.05) is 0 Å². The van der Waals surface area contributed by atoms with E-state index in [0.717, 1.165) is 37.5 Å². The Balaban J connectivity index is 1.49. The monoisotopic (exact) mass is 474 g/mol. The highest BCUT2D eigenvalue weighted by atomic mass is 16.6. The number of amides is 2. The second kappa shape index (κ2) is 9.18. The fourth-order valence-electron chi connectivity index (χ4n) is 9.30. The molecule has 4 aliphatic carbocycles. The van der Waals surface area contributed by atoms with Gasteiger partial charge in [0.05, 0.1) is 12.7 Å². The summed E-state index contributed by atoms with van der Waals surface area (Å²) in [5.74, 6) is 3.39. The molecule has 34 heavy (non-hydrogen) atoms. The number of nitrogens with zero attached hydrogens (tertiary/aromatic N) is 2. The van der Waals surface area contributed by atoms with E-state index in [1.165, 1.54) is 32.1 Å². The maximum absolute atomic E-state index is 12.7. The zero-order valence-corrected chi connectivity index (χ0v) is 21.3. The SMILES string of the molecule is CC[C@@H](C)[C@H]1CC[C@H]2[C@@H]3[C@H]4C[C@@H]5C[C@@H](CC[C@]5(C)[C@H]3CC[C@]12C)OCCOC(=O)/N=N\C(=O)O4. The van der Waals surface area contributed by atoms with Crippen molar-refractivity contribution in [2.24, 2.45) is 56.6 Å². The number of azo groups is 1. The van der Waals surface area contributed by atoms with Gasteiger partial charge in [0.2, 0.25) is 0 Å². The van der Waals surface area contributed by atoms with E-state index in [-0.39, 0.29) is 24.2 Å². The second-order valence-electron chi connectivity index (χ2n) is 12.3. The Morgan fingerprint density at radius 1 is 0.941 bits per heavy atom. The van der Waals surface area contributed by atoms with E-state index >= 15 is 0 Å². The summed E-state index contributed by atoms with van der Waals surface area (Å²) in [6.45, 7) is 10.2. The van der Waals surface area contributed by atoms with Gasteiger partial charge >= 0.3 is 12.2 Å². The first-order chi connectivity index (χ1) is 16.3. The highest BCUT2D eigenvalue weighted by molar-refractivity contribution is 5.73. The molecule has 2 amide bonds. The zero-order valence-electron chi connectivity index (χ0n) is 21.3. The summed E-state index contributed by atoms with van der Waals surface area (Å²) in [5, 5.41) is 6.97. The van der Waals surface area contributed by atoms with Gasteiger partial charge in [0.25, 0.3) is 0 Å². The van der Waals surface area contributed by atoms with Gasteiger partial charge in [0, 0.05) is 5.92 Å². The van der Waals surface area contributed by atoms with Gasteiger partial charge < -0.3 is 14.2 Å². The van der Waals surface area contributed by atoms with Crippen molar-refractivity contribution in [2.45, 2.75) is 97.7 Å². The topological polar surface area (TPSA) is 86.5 Å². The molecule has 7 nitrogen and oxygen atoms in total. The Hall–Kier alpha value is -1.50. The normalized spacial score (nSPS) is 48.6. The van der Waals surface area contributed by atoms with E-state index in [1.54, 1.807) is 0 Å². The Kier molecular flexibility index (Phi) is 6.54. The van der Waals surface area contributed by atoms with Crippen LogP contribution in [0.25, 0.3) is 0 Å². The van der Waals surface area contributed by atoms with Crippen LogP contribution in [0.4, 0.5) is 9.59 Å². The van der Waals surface area contributed by atoms with Crippen molar-refractivity contribution >= 4 is 12.2 Å². The molecule has 0 radical (unpaired) electrons. The van der Waals surface area contributed by atoms with E-state index in [9.17, 15) is 9.59 Å². The Morgan fingerprint density at radius 3 is 2.47 bits per heavy atom. The number of cyclic esters (lactones) is 1. The van der Waals surface area contributed by atoms with E-state index < -0.39 is 12.2 Å². The van der Waals surface area contributed by atoms with Crippen LogP contribution in [0.2, 0.25) is 0 Å². The molecule has 0 aromatic carbocycles. The fourth-order valence-corrected chi connectivity index (χ4v) is 9.30. The number of fused-ring (bicyclic) bond motifs is 7. The van der Waals surface area contributed by atoms with Crippen molar-refractivity contribution in [2.75, 3.05) is 13.2 Å². The number of carbonyl (C=O) groups is 2. The third kappa shape index (κ3) is 4.00. The molecule has 0 aromatic heterocycles. The number of hydrogen-bond acceptors (Lipinski definition) is 5. The Labute approximate surface area is 203 Å². The smallest absolute Gasteiger partial charge is 0.444 e. The predicted molar refractivity (Wildman–Crippen MR) is 126 cm³/mol. The van der Waals surface area contributed by atoms with Crippen LogP contribution in [0.15, 0.2) is 10.2 Å². The summed E-state index contributed by atoms with van der Waals surface area (Å²) in [7, 11) is 0. The lowest BCUT2D eigenvalue weighted by Gasteiger charge is -2.62. The first-order valence-electron chi connectivity index (χ1n) is 13.7. The van der Waals surface area contributed by atoms with Crippen molar-refractivity contribution < 1.29 is 23.8 Å². The summed E-state index contributed by atoms with van der Waals surface area (Å²) in [5.41, 5.74) is 0.561. The van der Waals surface area contributed by atoms with Gasteiger partial charge in [-0.05, 0) is 91.8 Å². The minimum absolute atomic E-state index is 0.121. The van der Waals surface area contributed by atoms with Crippen LogP contribution in [0.3, 0.4) is 0 Å². The standard InChI is InChI=1S/C27H42N2O5/c1-5-16(2)19-6-7-20-23-21(9-11-27(19,20)4)26(3)10-8-18-14-17(26)15-22(23)34-25(31)29-28-24(30)33-13-12-32-18/h16-23H,5-15H2,1-4H3/b29-28-/t16-,17+,18-,19-,20+,21+,22-,23+,26+,27-/m1/s1. The number of carbonyl (C=O) groups excluding carboxylic acids is 2. The van der Waals surface area contributed by atoms with Crippen LogP contribution in [0, 0.1) is 46.3 Å². The molecule has 1 heterocycles. The Morgan fingerprint density at radius 2 is 1.68 bits per heavy atom. The highest BCUT2D eigenvalue weighted by Crippen LogP contribution is 2.68. The molecular formula is C27H42N2O5. The minimum Gasteiger partial charge on any atom is -0.444 e. The molecular weight excluding hydrogens is 432 g/mol. The molecule has 0 spiro atoms. The van der Waals surface area contributed by atoms with Gasteiger partial charge in [-0.1, -0.05) is 44.3 Å².